The van der Waals surface area contributed by atoms with Crippen molar-refractivity contribution in [1.29, 1.82) is 0 Å². The van der Waals surface area contributed by atoms with Gasteiger partial charge in [0.15, 0.2) is 11.6 Å². The van der Waals surface area contributed by atoms with E-state index in [4.69, 9.17) is 5.11 Å². The molecule has 0 heterocycles. The lowest BCUT2D eigenvalue weighted by Gasteiger charge is -2.17. The number of rotatable bonds is 4. The summed E-state index contributed by atoms with van der Waals surface area (Å²) < 4.78 is 26.8. The smallest absolute Gasteiger partial charge is 0.335 e. The third-order valence-electron chi connectivity index (χ3n) is 2.94. The summed E-state index contributed by atoms with van der Waals surface area (Å²) in [5.74, 6) is -2.85. The average molecular weight is 277 g/mol. The van der Waals surface area contributed by atoms with Gasteiger partial charge in [-0.05, 0) is 31.2 Å². The first-order valence-electron chi connectivity index (χ1n) is 6.03. The number of nitrogens with one attached hydrogen (secondary N) is 1. The molecule has 0 bridgehead atoms. The third kappa shape index (κ3) is 2.93. The number of anilines is 1. The second kappa shape index (κ2) is 5.69. The van der Waals surface area contributed by atoms with Crippen LogP contribution < -0.4 is 5.32 Å². The predicted octanol–water partition coefficient (Wildman–Crippen LogP) is 3.84. The molecule has 20 heavy (non-hydrogen) atoms. The zero-order valence-electron chi connectivity index (χ0n) is 10.7. The molecule has 2 N–H and O–H groups in total. The Morgan fingerprint density at radius 1 is 1.20 bits per heavy atom. The van der Waals surface area contributed by atoms with Gasteiger partial charge in [0, 0.05) is 11.3 Å². The summed E-state index contributed by atoms with van der Waals surface area (Å²) in [5.41, 5.74) is 0.841. The van der Waals surface area contributed by atoms with Gasteiger partial charge in [0.25, 0.3) is 0 Å². The quantitative estimate of drug-likeness (QED) is 0.892. The van der Waals surface area contributed by atoms with Crippen LogP contribution in [0.1, 0.15) is 28.9 Å². The fourth-order valence-electron chi connectivity index (χ4n) is 1.92. The van der Waals surface area contributed by atoms with Crippen LogP contribution in [0.25, 0.3) is 0 Å². The summed E-state index contributed by atoms with van der Waals surface area (Å²) in [4.78, 5) is 10.9. The number of carbonyl (C=O) groups is 1. The van der Waals surface area contributed by atoms with Gasteiger partial charge in [0.05, 0.1) is 11.6 Å². The molecular formula is C15H13F2NO2. The molecule has 0 aliphatic heterocycles. The van der Waals surface area contributed by atoms with Gasteiger partial charge in [0.2, 0.25) is 0 Å². The van der Waals surface area contributed by atoms with Crippen molar-refractivity contribution in [3.8, 4) is 0 Å². The Morgan fingerprint density at radius 2 is 1.90 bits per heavy atom. The second-order valence-electron chi connectivity index (χ2n) is 4.40. The zero-order chi connectivity index (χ0) is 14.7. The van der Waals surface area contributed by atoms with E-state index in [1.54, 1.807) is 19.1 Å². The van der Waals surface area contributed by atoms with Gasteiger partial charge in [-0.15, -0.1) is 0 Å². The van der Waals surface area contributed by atoms with E-state index in [1.807, 2.05) is 0 Å². The lowest BCUT2D eigenvalue weighted by Crippen LogP contribution is -2.10. The predicted molar refractivity (Wildman–Crippen MR) is 71.8 cm³/mol. The van der Waals surface area contributed by atoms with E-state index in [0.29, 0.717) is 5.69 Å². The van der Waals surface area contributed by atoms with Gasteiger partial charge in [0.1, 0.15) is 0 Å². The minimum absolute atomic E-state index is 0.127. The summed E-state index contributed by atoms with van der Waals surface area (Å²) in [6.07, 6.45) is 0. The zero-order valence-corrected chi connectivity index (χ0v) is 10.7. The van der Waals surface area contributed by atoms with Crippen molar-refractivity contribution >= 4 is 11.7 Å². The van der Waals surface area contributed by atoms with E-state index in [-0.39, 0.29) is 11.1 Å². The summed E-state index contributed by atoms with van der Waals surface area (Å²) in [7, 11) is 0. The molecular weight excluding hydrogens is 264 g/mol. The monoisotopic (exact) mass is 277 g/mol. The molecule has 0 spiro atoms. The largest absolute Gasteiger partial charge is 0.478 e. The van der Waals surface area contributed by atoms with Gasteiger partial charge in [-0.2, -0.15) is 0 Å². The molecule has 1 unspecified atom stereocenters. The van der Waals surface area contributed by atoms with Crippen LogP contribution in [0.3, 0.4) is 0 Å². The molecule has 104 valence electrons. The van der Waals surface area contributed by atoms with Gasteiger partial charge in [-0.3, -0.25) is 0 Å². The lowest BCUT2D eigenvalue weighted by atomic mass is 10.1. The first-order valence-corrected chi connectivity index (χ1v) is 6.03. The molecule has 0 aliphatic rings. The van der Waals surface area contributed by atoms with Gasteiger partial charge in [-0.1, -0.05) is 18.2 Å². The number of carboxylic acid groups (broad SMARTS) is 1. The standard InChI is InChI=1S/C15H13F2NO2/c1-9(12-6-3-7-13(16)14(12)17)18-11-5-2-4-10(8-11)15(19)20/h2-9,18H,1H3,(H,19,20). The highest BCUT2D eigenvalue weighted by Crippen LogP contribution is 2.23. The summed E-state index contributed by atoms with van der Waals surface area (Å²) in [6.45, 7) is 1.67. The van der Waals surface area contributed by atoms with Crippen molar-refractivity contribution in [2.75, 3.05) is 5.32 Å². The number of benzene rings is 2. The number of aromatic carboxylic acids is 1. The second-order valence-corrected chi connectivity index (χ2v) is 4.40. The van der Waals surface area contributed by atoms with Crippen molar-refractivity contribution in [1.82, 2.24) is 0 Å². The number of hydrogen-bond acceptors (Lipinski definition) is 2. The van der Waals surface area contributed by atoms with Crippen LogP contribution in [0.15, 0.2) is 42.5 Å². The Morgan fingerprint density at radius 3 is 2.60 bits per heavy atom. The highest BCUT2D eigenvalue weighted by molar-refractivity contribution is 5.88. The normalized spacial score (nSPS) is 11.9. The Labute approximate surface area is 114 Å². The lowest BCUT2D eigenvalue weighted by molar-refractivity contribution is 0.0697. The minimum Gasteiger partial charge on any atom is -0.478 e. The molecule has 2 aromatic carbocycles. The van der Waals surface area contributed by atoms with Crippen molar-refractivity contribution in [2.24, 2.45) is 0 Å². The molecule has 0 saturated carbocycles. The minimum atomic E-state index is -1.04. The maximum atomic E-state index is 13.7. The first-order chi connectivity index (χ1) is 9.49. The van der Waals surface area contributed by atoms with E-state index >= 15 is 0 Å². The molecule has 1 atom stereocenters. The van der Waals surface area contributed by atoms with Crippen LogP contribution in [0.5, 0.6) is 0 Å². The first kappa shape index (κ1) is 14.0. The fourth-order valence-corrected chi connectivity index (χ4v) is 1.92. The highest BCUT2D eigenvalue weighted by atomic mass is 19.2. The fraction of sp³-hybridized carbons (Fsp3) is 0.133. The van der Waals surface area contributed by atoms with Crippen LogP contribution in [0.4, 0.5) is 14.5 Å². The number of halogens is 2. The molecule has 2 rings (SSSR count). The van der Waals surface area contributed by atoms with Gasteiger partial charge >= 0.3 is 5.97 Å². The van der Waals surface area contributed by atoms with Crippen molar-refractivity contribution in [2.45, 2.75) is 13.0 Å². The molecule has 0 aliphatic carbocycles. The van der Waals surface area contributed by atoms with Crippen LogP contribution in [-0.2, 0) is 0 Å². The topological polar surface area (TPSA) is 49.3 Å². The highest BCUT2D eigenvalue weighted by Gasteiger charge is 2.14. The van der Waals surface area contributed by atoms with Crippen LogP contribution in [0.2, 0.25) is 0 Å². The summed E-state index contributed by atoms with van der Waals surface area (Å²) in [6, 6.07) is 9.62. The van der Waals surface area contributed by atoms with E-state index in [2.05, 4.69) is 5.32 Å². The molecule has 0 amide bonds. The molecule has 0 saturated heterocycles. The summed E-state index contributed by atoms with van der Waals surface area (Å²) in [5, 5.41) is 11.9. The number of hydrogen-bond donors (Lipinski definition) is 2. The molecule has 0 fully saturated rings. The van der Waals surface area contributed by atoms with Crippen molar-refractivity contribution in [3.05, 3.63) is 65.2 Å². The molecule has 2 aromatic rings. The molecule has 3 nitrogen and oxygen atoms in total. The Kier molecular flexibility index (Phi) is 3.98. The number of carboxylic acids is 1. The van der Waals surface area contributed by atoms with E-state index in [0.717, 1.165) is 6.07 Å². The van der Waals surface area contributed by atoms with E-state index < -0.39 is 23.6 Å². The van der Waals surface area contributed by atoms with E-state index in [1.165, 1.54) is 24.3 Å². The van der Waals surface area contributed by atoms with Crippen LogP contribution in [0, 0.1) is 11.6 Å². The molecule has 0 radical (unpaired) electrons. The Balaban J connectivity index is 2.23. The Hall–Kier alpha value is -2.43. The van der Waals surface area contributed by atoms with Crippen LogP contribution in [-0.4, -0.2) is 11.1 Å². The molecule has 0 aromatic heterocycles. The van der Waals surface area contributed by atoms with Crippen molar-refractivity contribution in [3.63, 3.8) is 0 Å². The maximum Gasteiger partial charge on any atom is 0.335 e. The summed E-state index contributed by atoms with van der Waals surface area (Å²) >= 11 is 0. The maximum absolute atomic E-state index is 13.7. The van der Waals surface area contributed by atoms with E-state index in [9.17, 15) is 13.6 Å². The average Bonchev–Trinajstić information content (AvgIpc) is 2.42. The van der Waals surface area contributed by atoms with Gasteiger partial charge < -0.3 is 10.4 Å². The third-order valence-corrected chi connectivity index (χ3v) is 2.94. The van der Waals surface area contributed by atoms with Crippen LogP contribution >= 0.6 is 0 Å². The Bertz CT molecular complexity index is 644. The SMILES string of the molecule is CC(Nc1cccc(C(=O)O)c1)c1cccc(F)c1F. The van der Waals surface area contributed by atoms with Gasteiger partial charge in [-0.25, -0.2) is 13.6 Å². The van der Waals surface area contributed by atoms with Crippen molar-refractivity contribution < 1.29 is 18.7 Å². The molecule has 5 heteroatoms.